The van der Waals surface area contributed by atoms with E-state index in [1.807, 2.05) is 19.4 Å². The molecule has 0 bridgehead atoms. The van der Waals surface area contributed by atoms with Gasteiger partial charge in [0.2, 0.25) is 0 Å². The quantitative estimate of drug-likeness (QED) is 0.825. The lowest BCUT2D eigenvalue weighted by Crippen LogP contribution is -2.45. The lowest BCUT2D eigenvalue weighted by atomic mass is 10.1. The van der Waals surface area contributed by atoms with Gasteiger partial charge in [-0.3, -0.25) is 0 Å². The van der Waals surface area contributed by atoms with Crippen molar-refractivity contribution in [2.24, 2.45) is 7.05 Å². The van der Waals surface area contributed by atoms with Crippen LogP contribution in [0.15, 0.2) is 12.4 Å². The van der Waals surface area contributed by atoms with E-state index in [4.69, 9.17) is 0 Å². The van der Waals surface area contributed by atoms with Crippen LogP contribution in [0, 0.1) is 0 Å². The van der Waals surface area contributed by atoms with E-state index in [0.29, 0.717) is 6.04 Å². The largest absolute Gasteiger partial charge is 0.337 e. The van der Waals surface area contributed by atoms with Crippen molar-refractivity contribution in [1.29, 1.82) is 0 Å². The molecule has 0 aliphatic carbocycles. The molecule has 1 aliphatic heterocycles. The molecule has 1 fully saturated rings. The molecule has 2 rings (SSSR count). The van der Waals surface area contributed by atoms with Crippen LogP contribution in [-0.2, 0) is 13.6 Å². The average Bonchev–Trinajstić information content (AvgIpc) is 2.72. The summed E-state index contributed by atoms with van der Waals surface area (Å²) in [6.07, 6.45) is 6.46. The predicted molar refractivity (Wildman–Crippen MR) is 65.2 cm³/mol. The third-order valence-corrected chi connectivity index (χ3v) is 3.42. The van der Waals surface area contributed by atoms with Crippen LogP contribution in [0.1, 0.15) is 25.6 Å². The average molecular weight is 222 g/mol. The summed E-state index contributed by atoms with van der Waals surface area (Å²) in [6.45, 7) is 6.73. The molecule has 0 radical (unpaired) electrons. The van der Waals surface area contributed by atoms with Gasteiger partial charge in [0.05, 0.1) is 6.54 Å². The Labute approximate surface area is 97.7 Å². The van der Waals surface area contributed by atoms with Crippen molar-refractivity contribution in [3.63, 3.8) is 0 Å². The number of nitrogens with zero attached hydrogens (tertiary/aromatic N) is 3. The van der Waals surface area contributed by atoms with Crippen LogP contribution in [0.5, 0.6) is 0 Å². The summed E-state index contributed by atoms with van der Waals surface area (Å²) in [4.78, 5) is 6.84. The number of aryl methyl sites for hydroxylation is 1. The fourth-order valence-electron chi connectivity index (χ4n) is 2.31. The highest BCUT2D eigenvalue weighted by Crippen LogP contribution is 2.09. The highest BCUT2D eigenvalue weighted by atomic mass is 15.2. The molecule has 0 aromatic carbocycles. The summed E-state index contributed by atoms with van der Waals surface area (Å²) in [5, 5.41) is 3.60. The minimum Gasteiger partial charge on any atom is -0.337 e. The van der Waals surface area contributed by atoms with E-state index in [0.717, 1.165) is 12.4 Å². The number of hydrogen-bond donors (Lipinski definition) is 1. The number of aromatic nitrogens is 2. The first kappa shape index (κ1) is 11.6. The summed E-state index contributed by atoms with van der Waals surface area (Å²) in [6, 6.07) is 0.630. The molecule has 1 aromatic heterocycles. The molecule has 4 nitrogen and oxygen atoms in total. The maximum absolute atomic E-state index is 4.33. The Morgan fingerprint density at radius 1 is 1.56 bits per heavy atom. The molecular formula is C12H22N4. The van der Waals surface area contributed by atoms with Gasteiger partial charge in [-0.05, 0) is 25.9 Å². The van der Waals surface area contributed by atoms with E-state index in [1.54, 1.807) is 0 Å². The van der Waals surface area contributed by atoms with Gasteiger partial charge >= 0.3 is 0 Å². The molecule has 2 heterocycles. The second kappa shape index (κ2) is 5.46. The van der Waals surface area contributed by atoms with Crippen molar-refractivity contribution in [3.8, 4) is 0 Å². The number of hydrogen-bond acceptors (Lipinski definition) is 3. The predicted octanol–water partition coefficient (Wildman–Crippen LogP) is 0.994. The number of piperidine rings is 1. The molecule has 1 aromatic rings. The highest BCUT2D eigenvalue weighted by Gasteiger charge is 2.18. The first-order valence-electron chi connectivity index (χ1n) is 6.21. The van der Waals surface area contributed by atoms with E-state index in [9.17, 15) is 0 Å². The lowest BCUT2D eigenvalue weighted by Gasteiger charge is -2.32. The smallest absolute Gasteiger partial charge is 0.122 e. The van der Waals surface area contributed by atoms with Gasteiger partial charge in [-0.2, -0.15) is 0 Å². The molecule has 0 spiro atoms. The van der Waals surface area contributed by atoms with Crippen molar-refractivity contribution in [3.05, 3.63) is 18.2 Å². The van der Waals surface area contributed by atoms with Gasteiger partial charge in [-0.25, -0.2) is 4.98 Å². The molecule has 90 valence electrons. The van der Waals surface area contributed by atoms with Crippen molar-refractivity contribution < 1.29 is 0 Å². The van der Waals surface area contributed by atoms with Gasteiger partial charge in [-0.15, -0.1) is 0 Å². The minimum absolute atomic E-state index is 0.630. The lowest BCUT2D eigenvalue weighted by molar-refractivity contribution is 0.197. The van der Waals surface area contributed by atoms with E-state index >= 15 is 0 Å². The topological polar surface area (TPSA) is 33.1 Å². The van der Waals surface area contributed by atoms with Crippen molar-refractivity contribution in [2.75, 3.05) is 19.6 Å². The molecule has 0 amide bonds. The molecular weight excluding hydrogens is 200 g/mol. The molecule has 1 atom stereocenters. The zero-order chi connectivity index (χ0) is 11.4. The SMILES string of the molecule is CCN1CCCC(NCc2nccn2C)C1. The zero-order valence-electron chi connectivity index (χ0n) is 10.3. The van der Waals surface area contributed by atoms with E-state index in [-0.39, 0.29) is 0 Å². The normalized spacial score (nSPS) is 22.5. The molecule has 0 saturated carbocycles. The standard InChI is InChI=1S/C12H22N4/c1-3-16-7-4-5-11(10-16)14-9-12-13-6-8-15(12)2/h6,8,11,14H,3-5,7,9-10H2,1-2H3. The van der Waals surface area contributed by atoms with Crippen LogP contribution in [0.4, 0.5) is 0 Å². The second-order valence-electron chi connectivity index (χ2n) is 4.57. The fourth-order valence-corrected chi connectivity index (χ4v) is 2.31. The third-order valence-electron chi connectivity index (χ3n) is 3.42. The molecule has 1 N–H and O–H groups in total. The molecule has 16 heavy (non-hydrogen) atoms. The van der Waals surface area contributed by atoms with Gasteiger partial charge in [0.1, 0.15) is 5.82 Å². The second-order valence-corrected chi connectivity index (χ2v) is 4.57. The Morgan fingerprint density at radius 2 is 2.44 bits per heavy atom. The van der Waals surface area contributed by atoms with Crippen LogP contribution in [0.3, 0.4) is 0 Å². The number of likely N-dealkylation sites (tertiary alicyclic amines) is 1. The zero-order valence-corrected chi connectivity index (χ0v) is 10.3. The Morgan fingerprint density at radius 3 is 3.12 bits per heavy atom. The number of rotatable bonds is 4. The molecule has 1 aliphatic rings. The van der Waals surface area contributed by atoms with Crippen LogP contribution in [0.25, 0.3) is 0 Å². The summed E-state index contributed by atoms with van der Waals surface area (Å²) in [5.41, 5.74) is 0. The number of nitrogens with one attached hydrogen (secondary N) is 1. The van der Waals surface area contributed by atoms with Crippen LogP contribution < -0.4 is 5.32 Å². The Balaban J connectivity index is 1.79. The van der Waals surface area contributed by atoms with Gasteiger partial charge in [0.15, 0.2) is 0 Å². The summed E-state index contributed by atoms with van der Waals surface area (Å²) >= 11 is 0. The fraction of sp³-hybridized carbons (Fsp3) is 0.750. The van der Waals surface area contributed by atoms with Crippen molar-refractivity contribution in [2.45, 2.75) is 32.4 Å². The maximum Gasteiger partial charge on any atom is 0.122 e. The Bertz CT molecular complexity index is 321. The van der Waals surface area contributed by atoms with E-state index < -0.39 is 0 Å². The summed E-state index contributed by atoms with van der Waals surface area (Å²) in [5.74, 6) is 1.12. The Hall–Kier alpha value is -0.870. The van der Waals surface area contributed by atoms with E-state index in [2.05, 4.69) is 26.7 Å². The van der Waals surface area contributed by atoms with Gasteiger partial charge in [0, 0.05) is 32.0 Å². The highest BCUT2D eigenvalue weighted by molar-refractivity contribution is 4.91. The molecule has 1 saturated heterocycles. The Kier molecular flexibility index (Phi) is 3.96. The minimum atomic E-state index is 0.630. The van der Waals surface area contributed by atoms with Gasteiger partial charge < -0.3 is 14.8 Å². The summed E-state index contributed by atoms with van der Waals surface area (Å²) in [7, 11) is 2.04. The number of likely N-dealkylation sites (N-methyl/N-ethyl adjacent to an activating group) is 1. The third kappa shape index (κ3) is 2.83. The monoisotopic (exact) mass is 222 g/mol. The van der Waals surface area contributed by atoms with Gasteiger partial charge in [-0.1, -0.05) is 6.92 Å². The maximum atomic E-state index is 4.33. The molecule has 4 heteroatoms. The molecule has 1 unspecified atom stereocenters. The van der Waals surface area contributed by atoms with Gasteiger partial charge in [0.25, 0.3) is 0 Å². The first-order valence-corrected chi connectivity index (χ1v) is 6.21. The van der Waals surface area contributed by atoms with Crippen molar-refractivity contribution >= 4 is 0 Å². The first-order chi connectivity index (χ1) is 7.79. The van der Waals surface area contributed by atoms with Crippen LogP contribution in [-0.4, -0.2) is 40.1 Å². The van der Waals surface area contributed by atoms with E-state index in [1.165, 1.54) is 32.5 Å². The summed E-state index contributed by atoms with van der Waals surface area (Å²) < 4.78 is 2.08. The van der Waals surface area contributed by atoms with Crippen molar-refractivity contribution in [1.82, 2.24) is 19.8 Å². The number of imidazole rings is 1. The van der Waals surface area contributed by atoms with Crippen LogP contribution >= 0.6 is 0 Å². The van der Waals surface area contributed by atoms with Crippen LogP contribution in [0.2, 0.25) is 0 Å².